The van der Waals surface area contributed by atoms with E-state index in [0.717, 1.165) is 30.6 Å². The third-order valence-corrected chi connectivity index (χ3v) is 5.70. The molecule has 1 fully saturated rings. The Morgan fingerprint density at radius 1 is 1.10 bits per heavy atom. The summed E-state index contributed by atoms with van der Waals surface area (Å²) < 4.78 is 2.38. The number of rotatable bonds is 3. The van der Waals surface area contributed by atoms with Gasteiger partial charge in [0.15, 0.2) is 0 Å². The largest absolute Gasteiger partial charge is 0.314 e. The van der Waals surface area contributed by atoms with E-state index in [0.29, 0.717) is 12.1 Å². The van der Waals surface area contributed by atoms with E-state index in [1.807, 2.05) is 0 Å². The molecule has 0 aromatic carbocycles. The molecule has 2 heterocycles. The van der Waals surface area contributed by atoms with E-state index in [1.165, 1.54) is 44.3 Å². The molecule has 2 aliphatic rings. The maximum absolute atomic E-state index is 4.50. The molecule has 0 spiro atoms. The van der Waals surface area contributed by atoms with Crippen molar-refractivity contribution < 1.29 is 0 Å². The first-order valence-corrected chi connectivity index (χ1v) is 8.85. The number of hydrogen-bond acceptors (Lipinski definition) is 3. The summed E-state index contributed by atoms with van der Waals surface area (Å²) in [6, 6.07) is 0.935. The van der Waals surface area contributed by atoms with Crippen molar-refractivity contribution >= 4 is 0 Å². The number of fused-ring (bicyclic) bond motifs is 1. The Kier molecular flexibility index (Phi) is 4.63. The van der Waals surface area contributed by atoms with E-state index in [-0.39, 0.29) is 0 Å². The van der Waals surface area contributed by atoms with Gasteiger partial charge < -0.3 is 9.88 Å². The van der Waals surface area contributed by atoms with Crippen molar-refractivity contribution in [2.24, 2.45) is 11.8 Å². The molecule has 1 aromatic rings. The Balaban J connectivity index is 1.70. The van der Waals surface area contributed by atoms with Crippen LogP contribution < -0.4 is 5.32 Å². The van der Waals surface area contributed by atoms with Crippen molar-refractivity contribution in [1.82, 2.24) is 20.1 Å². The topological polar surface area (TPSA) is 42.7 Å². The van der Waals surface area contributed by atoms with Crippen LogP contribution in [0.4, 0.5) is 0 Å². The Bertz CT molecular complexity index is 467. The molecule has 1 aromatic heterocycles. The van der Waals surface area contributed by atoms with E-state index < -0.39 is 0 Å². The van der Waals surface area contributed by atoms with Crippen molar-refractivity contribution in [2.75, 3.05) is 0 Å². The standard InChI is InChI=1S/C17H30N4/c1-12-8-7-9-15(13(12)2)18-14(3)17-20-19-16-10-5-4-6-11-21(16)17/h12-15,18H,4-11H2,1-3H3. The Hall–Kier alpha value is -0.900. The fourth-order valence-electron chi connectivity index (χ4n) is 4.04. The maximum atomic E-state index is 4.50. The van der Waals surface area contributed by atoms with Crippen LogP contribution in [0.1, 0.15) is 77.0 Å². The minimum atomic E-state index is 0.308. The van der Waals surface area contributed by atoms with Crippen LogP contribution in [0.15, 0.2) is 0 Å². The number of nitrogens with one attached hydrogen (secondary N) is 1. The van der Waals surface area contributed by atoms with Crippen molar-refractivity contribution in [3.05, 3.63) is 11.6 Å². The molecule has 1 aliphatic heterocycles. The van der Waals surface area contributed by atoms with Gasteiger partial charge >= 0.3 is 0 Å². The van der Waals surface area contributed by atoms with Gasteiger partial charge in [0.2, 0.25) is 0 Å². The number of aryl methyl sites for hydroxylation is 1. The average Bonchev–Trinajstić information content (AvgIpc) is 2.73. The molecule has 4 unspecified atom stereocenters. The molecule has 4 nitrogen and oxygen atoms in total. The number of hydrogen-bond donors (Lipinski definition) is 1. The molecule has 0 radical (unpaired) electrons. The molecule has 0 saturated heterocycles. The van der Waals surface area contributed by atoms with Gasteiger partial charge in [0.25, 0.3) is 0 Å². The van der Waals surface area contributed by atoms with Crippen LogP contribution in [0.2, 0.25) is 0 Å². The van der Waals surface area contributed by atoms with Crippen LogP contribution >= 0.6 is 0 Å². The lowest BCUT2D eigenvalue weighted by molar-refractivity contribution is 0.194. The highest BCUT2D eigenvalue weighted by molar-refractivity contribution is 5.03. The third kappa shape index (κ3) is 3.15. The number of aromatic nitrogens is 3. The third-order valence-electron chi connectivity index (χ3n) is 5.70. The second-order valence-corrected chi connectivity index (χ2v) is 7.20. The molecule has 4 heteroatoms. The summed E-state index contributed by atoms with van der Waals surface area (Å²) >= 11 is 0. The Morgan fingerprint density at radius 2 is 1.95 bits per heavy atom. The van der Waals surface area contributed by atoms with Gasteiger partial charge in [0.05, 0.1) is 6.04 Å². The van der Waals surface area contributed by atoms with Gasteiger partial charge in [-0.2, -0.15) is 0 Å². The Labute approximate surface area is 128 Å². The number of nitrogens with zero attached hydrogens (tertiary/aromatic N) is 3. The van der Waals surface area contributed by atoms with Crippen molar-refractivity contribution in [1.29, 1.82) is 0 Å². The van der Waals surface area contributed by atoms with Gasteiger partial charge in [-0.1, -0.05) is 33.1 Å². The summed E-state index contributed by atoms with van der Waals surface area (Å²) in [5, 5.41) is 12.8. The lowest BCUT2D eigenvalue weighted by Crippen LogP contribution is -2.42. The van der Waals surface area contributed by atoms with Crippen molar-refractivity contribution in [3.8, 4) is 0 Å². The predicted molar refractivity (Wildman–Crippen MR) is 85.1 cm³/mol. The van der Waals surface area contributed by atoms with Gasteiger partial charge in [-0.15, -0.1) is 10.2 Å². The normalized spacial score (nSPS) is 31.5. The van der Waals surface area contributed by atoms with Crippen LogP contribution in [0, 0.1) is 11.8 Å². The van der Waals surface area contributed by atoms with E-state index in [4.69, 9.17) is 0 Å². The van der Waals surface area contributed by atoms with Crippen LogP contribution in [-0.4, -0.2) is 20.8 Å². The van der Waals surface area contributed by atoms with Gasteiger partial charge in [-0.05, 0) is 38.0 Å². The van der Waals surface area contributed by atoms with Gasteiger partial charge in [0.1, 0.15) is 11.6 Å². The highest BCUT2D eigenvalue weighted by Crippen LogP contribution is 2.31. The first kappa shape index (κ1) is 15.0. The second-order valence-electron chi connectivity index (χ2n) is 7.20. The lowest BCUT2D eigenvalue weighted by Gasteiger charge is -2.36. The van der Waals surface area contributed by atoms with Gasteiger partial charge in [-0.3, -0.25) is 0 Å². The first-order valence-electron chi connectivity index (χ1n) is 8.85. The highest BCUT2D eigenvalue weighted by atomic mass is 15.3. The van der Waals surface area contributed by atoms with E-state index in [2.05, 4.69) is 40.9 Å². The minimum absolute atomic E-state index is 0.308. The van der Waals surface area contributed by atoms with Crippen LogP contribution in [0.3, 0.4) is 0 Å². The molecule has 0 bridgehead atoms. The summed E-state index contributed by atoms with van der Waals surface area (Å²) in [5.74, 6) is 3.94. The van der Waals surface area contributed by atoms with Gasteiger partial charge in [-0.25, -0.2) is 0 Å². The molecule has 0 amide bonds. The monoisotopic (exact) mass is 290 g/mol. The minimum Gasteiger partial charge on any atom is -0.314 e. The summed E-state index contributed by atoms with van der Waals surface area (Å²) in [5.41, 5.74) is 0. The quantitative estimate of drug-likeness (QED) is 0.926. The molecule has 1 saturated carbocycles. The smallest absolute Gasteiger partial charge is 0.149 e. The summed E-state index contributed by atoms with van der Waals surface area (Å²) in [7, 11) is 0. The van der Waals surface area contributed by atoms with Crippen LogP contribution in [0.5, 0.6) is 0 Å². The SMILES string of the molecule is CC(NC1CCCC(C)C1C)c1nnc2n1CCCCC2. The Morgan fingerprint density at radius 3 is 2.81 bits per heavy atom. The summed E-state index contributed by atoms with van der Waals surface area (Å²) in [6.07, 6.45) is 8.98. The zero-order valence-electron chi connectivity index (χ0n) is 13.8. The van der Waals surface area contributed by atoms with Crippen LogP contribution in [-0.2, 0) is 13.0 Å². The molecule has 21 heavy (non-hydrogen) atoms. The second kappa shape index (κ2) is 6.47. The fourth-order valence-corrected chi connectivity index (χ4v) is 4.04. The molecular formula is C17H30N4. The molecular weight excluding hydrogens is 260 g/mol. The van der Waals surface area contributed by atoms with E-state index in [9.17, 15) is 0 Å². The zero-order chi connectivity index (χ0) is 14.8. The molecule has 4 atom stereocenters. The zero-order valence-corrected chi connectivity index (χ0v) is 13.8. The van der Waals surface area contributed by atoms with Gasteiger partial charge in [0, 0.05) is 19.0 Å². The molecule has 3 rings (SSSR count). The van der Waals surface area contributed by atoms with E-state index in [1.54, 1.807) is 0 Å². The van der Waals surface area contributed by atoms with E-state index >= 15 is 0 Å². The molecule has 118 valence electrons. The lowest BCUT2D eigenvalue weighted by atomic mass is 9.78. The molecule has 1 aliphatic carbocycles. The molecule has 1 N–H and O–H groups in total. The fraction of sp³-hybridized carbons (Fsp3) is 0.882. The van der Waals surface area contributed by atoms with Crippen molar-refractivity contribution in [3.63, 3.8) is 0 Å². The van der Waals surface area contributed by atoms with Crippen LogP contribution in [0.25, 0.3) is 0 Å². The predicted octanol–water partition coefficient (Wildman–Crippen LogP) is 3.48. The highest BCUT2D eigenvalue weighted by Gasteiger charge is 2.29. The summed E-state index contributed by atoms with van der Waals surface area (Å²) in [6.45, 7) is 8.15. The summed E-state index contributed by atoms with van der Waals surface area (Å²) in [4.78, 5) is 0. The maximum Gasteiger partial charge on any atom is 0.149 e. The average molecular weight is 290 g/mol. The first-order chi connectivity index (χ1) is 10.2. The van der Waals surface area contributed by atoms with Crippen molar-refractivity contribution in [2.45, 2.75) is 84.3 Å².